The van der Waals surface area contributed by atoms with E-state index in [-0.39, 0.29) is 10.6 Å². The number of nitrogens with zero attached hydrogens (tertiary/aromatic N) is 2. The smallest absolute Gasteiger partial charge is 0.331 e. The average Bonchev–Trinajstić information content (AvgIpc) is 3.52. The van der Waals surface area contributed by atoms with Crippen molar-refractivity contribution in [3.8, 4) is 0 Å². The van der Waals surface area contributed by atoms with Gasteiger partial charge in [-0.05, 0) is 41.8 Å². The molecule has 1 aromatic carbocycles. The van der Waals surface area contributed by atoms with Gasteiger partial charge in [-0.3, -0.25) is 4.79 Å². The Bertz CT molecular complexity index is 1120. The molecule has 31 heavy (non-hydrogen) atoms. The lowest BCUT2D eigenvalue weighted by Crippen LogP contribution is -2.31. The highest BCUT2D eigenvalue weighted by atomic mass is 35.5. The van der Waals surface area contributed by atoms with Gasteiger partial charge in [0.1, 0.15) is 17.6 Å². The summed E-state index contributed by atoms with van der Waals surface area (Å²) in [4.78, 5) is 25.7. The number of furan rings is 1. The number of thiophene rings is 1. The van der Waals surface area contributed by atoms with Crippen LogP contribution in [0.1, 0.15) is 28.7 Å². The first kappa shape index (κ1) is 21.0. The second-order valence-corrected chi connectivity index (χ2v) is 7.93. The summed E-state index contributed by atoms with van der Waals surface area (Å²) in [6, 6.07) is 11.1. The van der Waals surface area contributed by atoms with Crippen LogP contribution in [0, 0.1) is 5.82 Å². The quantitative estimate of drug-likeness (QED) is 0.382. The maximum atomic E-state index is 13.8. The molecule has 1 amide bonds. The summed E-state index contributed by atoms with van der Waals surface area (Å²) in [6.45, 7) is -0.521. The molecule has 0 N–H and O–H groups in total. The zero-order valence-corrected chi connectivity index (χ0v) is 17.6. The van der Waals surface area contributed by atoms with Crippen molar-refractivity contribution in [1.82, 2.24) is 5.01 Å². The molecule has 0 aliphatic carbocycles. The molecule has 0 fully saturated rings. The molecule has 3 heterocycles. The third-order valence-electron chi connectivity index (χ3n) is 4.57. The van der Waals surface area contributed by atoms with E-state index in [2.05, 4.69) is 5.10 Å². The summed E-state index contributed by atoms with van der Waals surface area (Å²) in [5.74, 6) is -1.28. The molecule has 6 nitrogen and oxygen atoms in total. The van der Waals surface area contributed by atoms with Crippen LogP contribution in [0.3, 0.4) is 0 Å². The molecule has 158 valence electrons. The second kappa shape index (κ2) is 9.28. The van der Waals surface area contributed by atoms with Crippen molar-refractivity contribution in [2.24, 2.45) is 5.10 Å². The van der Waals surface area contributed by atoms with Crippen molar-refractivity contribution in [2.75, 3.05) is 6.61 Å². The number of benzene rings is 1. The van der Waals surface area contributed by atoms with Gasteiger partial charge in [-0.25, -0.2) is 14.2 Å². The van der Waals surface area contributed by atoms with Crippen LogP contribution >= 0.6 is 22.9 Å². The number of rotatable bonds is 6. The van der Waals surface area contributed by atoms with E-state index in [0.29, 0.717) is 12.2 Å². The monoisotopic (exact) mass is 458 g/mol. The number of hydrogen-bond donors (Lipinski definition) is 0. The first-order chi connectivity index (χ1) is 15.0. The van der Waals surface area contributed by atoms with Gasteiger partial charge in [-0.15, -0.1) is 11.3 Å². The molecule has 1 unspecified atom stereocenters. The molecule has 0 bridgehead atoms. The summed E-state index contributed by atoms with van der Waals surface area (Å²) >= 11 is 7.44. The first-order valence-electron chi connectivity index (χ1n) is 9.28. The number of carbonyl (C=O) groups is 2. The summed E-state index contributed by atoms with van der Waals surface area (Å²) in [6.07, 6.45) is 4.24. The second-order valence-electron chi connectivity index (χ2n) is 6.57. The van der Waals surface area contributed by atoms with E-state index in [9.17, 15) is 14.0 Å². The Morgan fingerprint density at radius 1 is 1.29 bits per heavy atom. The van der Waals surface area contributed by atoms with Gasteiger partial charge in [0.15, 0.2) is 6.61 Å². The molecule has 3 aromatic rings. The van der Waals surface area contributed by atoms with Crippen LogP contribution in [0.15, 0.2) is 69.7 Å². The minimum absolute atomic E-state index is 0.0649. The van der Waals surface area contributed by atoms with Gasteiger partial charge in [-0.2, -0.15) is 5.10 Å². The van der Waals surface area contributed by atoms with Crippen molar-refractivity contribution in [3.05, 3.63) is 87.2 Å². The molecule has 1 aliphatic heterocycles. The van der Waals surface area contributed by atoms with Crippen LogP contribution in [0.5, 0.6) is 0 Å². The normalized spacial score (nSPS) is 16.0. The predicted molar refractivity (Wildman–Crippen MR) is 115 cm³/mol. The molecule has 0 spiro atoms. The molecular weight excluding hydrogens is 443 g/mol. The van der Waals surface area contributed by atoms with Gasteiger partial charge < -0.3 is 9.15 Å². The summed E-state index contributed by atoms with van der Waals surface area (Å²) in [7, 11) is 0. The molecule has 2 aromatic heterocycles. The highest BCUT2D eigenvalue weighted by Crippen LogP contribution is 2.34. The van der Waals surface area contributed by atoms with E-state index in [0.717, 1.165) is 16.7 Å². The van der Waals surface area contributed by atoms with Gasteiger partial charge in [-0.1, -0.05) is 23.7 Å². The summed E-state index contributed by atoms with van der Waals surface area (Å²) in [5, 5.41) is 7.81. The number of carbonyl (C=O) groups excluding carboxylic acids is 2. The van der Waals surface area contributed by atoms with Crippen LogP contribution in [0.25, 0.3) is 6.08 Å². The van der Waals surface area contributed by atoms with E-state index in [1.54, 1.807) is 12.1 Å². The highest BCUT2D eigenvalue weighted by Gasteiger charge is 2.35. The Hall–Kier alpha value is -3.23. The van der Waals surface area contributed by atoms with Gasteiger partial charge >= 0.3 is 5.97 Å². The van der Waals surface area contributed by atoms with Crippen LogP contribution in [0.4, 0.5) is 4.39 Å². The zero-order valence-electron chi connectivity index (χ0n) is 16.0. The molecule has 0 radical (unpaired) electrons. The van der Waals surface area contributed by atoms with E-state index in [1.807, 2.05) is 17.5 Å². The summed E-state index contributed by atoms with van der Waals surface area (Å²) < 4.78 is 24.3. The van der Waals surface area contributed by atoms with Gasteiger partial charge in [0.2, 0.25) is 0 Å². The fourth-order valence-corrected chi connectivity index (χ4v) is 4.05. The summed E-state index contributed by atoms with van der Waals surface area (Å²) in [5.41, 5.74) is 0.820. The maximum Gasteiger partial charge on any atom is 0.331 e. The van der Waals surface area contributed by atoms with Crippen LogP contribution in [-0.4, -0.2) is 29.2 Å². The first-order valence-corrected chi connectivity index (χ1v) is 10.5. The number of ether oxygens (including phenoxy) is 1. The lowest BCUT2D eigenvalue weighted by molar-refractivity contribution is -0.149. The molecule has 4 rings (SSSR count). The Morgan fingerprint density at radius 2 is 2.16 bits per heavy atom. The fraction of sp³-hybridized carbons (Fsp3) is 0.136. The van der Waals surface area contributed by atoms with E-state index in [1.165, 1.54) is 46.9 Å². The average molecular weight is 459 g/mol. The Morgan fingerprint density at radius 3 is 2.87 bits per heavy atom. The zero-order chi connectivity index (χ0) is 21.8. The van der Waals surface area contributed by atoms with Gasteiger partial charge in [0.05, 0.1) is 21.9 Å². The molecule has 9 heteroatoms. The number of hydrazone groups is 1. The van der Waals surface area contributed by atoms with Crippen LogP contribution in [0.2, 0.25) is 5.02 Å². The number of halogens is 2. The predicted octanol–water partition coefficient (Wildman–Crippen LogP) is 5.07. The third-order valence-corrected chi connectivity index (χ3v) is 5.82. The SMILES string of the molecule is O=C(C=Cc1c(F)cccc1Cl)OCC(=O)N1N=C(c2cccs2)CC1c1ccco1. The Labute approximate surface area is 186 Å². The van der Waals surface area contributed by atoms with Gasteiger partial charge in [0, 0.05) is 18.1 Å². The third kappa shape index (κ3) is 4.76. The van der Waals surface area contributed by atoms with Crippen LogP contribution < -0.4 is 0 Å². The highest BCUT2D eigenvalue weighted by molar-refractivity contribution is 7.12. The van der Waals surface area contributed by atoms with Crippen LogP contribution in [-0.2, 0) is 14.3 Å². The molecule has 0 saturated carbocycles. The standard InChI is InChI=1S/C22H16ClFN2O4S/c23-15-4-1-5-16(24)14(15)8-9-22(28)30-13-21(27)26-18(19-6-2-10-29-19)12-17(25-26)20-7-3-11-31-20/h1-11,18H,12-13H2. The number of esters is 1. The van der Waals surface area contributed by atoms with Crippen molar-refractivity contribution >= 4 is 46.6 Å². The molecule has 1 atom stereocenters. The Kier molecular flexibility index (Phi) is 6.29. The number of amides is 1. The minimum atomic E-state index is -0.802. The number of hydrogen-bond acceptors (Lipinski definition) is 6. The van der Waals surface area contributed by atoms with E-state index >= 15 is 0 Å². The topological polar surface area (TPSA) is 72.1 Å². The minimum Gasteiger partial charge on any atom is -0.467 e. The van der Waals surface area contributed by atoms with Crippen molar-refractivity contribution in [2.45, 2.75) is 12.5 Å². The molecular formula is C22H16ClFN2O4S. The van der Waals surface area contributed by atoms with E-state index < -0.39 is 30.3 Å². The maximum absolute atomic E-state index is 13.8. The molecule has 1 aliphatic rings. The fourth-order valence-electron chi connectivity index (χ4n) is 3.10. The van der Waals surface area contributed by atoms with Crippen molar-refractivity contribution < 1.29 is 23.1 Å². The van der Waals surface area contributed by atoms with E-state index in [4.69, 9.17) is 20.8 Å². The lowest BCUT2D eigenvalue weighted by atomic mass is 10.1. The Balaban J connectivity index is 1.43. The largest absolute Gasteiger partial charge is 0.467 e. The lowest BCUT2D eigenvalue weighted by Gasteiger charge is -2.19. The molecule has 0 saturated heterocycles. The van der Waals surface area contributed by atoms with Crippen molar-refractivity contribution in [1.29, 1.82) is 0 Å². The van der Waals surface area contributed by atoms with Gasteiger partial charge in [0.25, 0.3) is 5.91 Å². The van der Waals surface area contributed by atoms with Crippen molar-refractivity contribution in [3.63, 3.8) is 0 Å².